The first-order valence-electron chi connectivity index (χ1n) is 5.91. The molecule has 1 aromatic heterocycles. The van der Waals surface area contributed by atoms with Crippen molar-refractivity contribution in [3.63, 3.8) is 0 Å². The lowest BCUT2D eigenvalue weighted by molar-refractivity contribution is 0.327. The summed E-state index contributed by atoms with van der Waals surface area (Å²) >= 11 is 0. The van der Waals surface area contributed by atoms with Crippen LogP contribution in [-0.4, -0.2) is 31.2 Å². The van der Waals surface area contributed by atoms with Crippen LogP contribution < -0.4 is 15.4 Å². The second kappa shape index (κ2) is 7.93. The fourth-order valence-corrected chi connectivity index (χ4v) is 1.32. The number of ether oxygens (including phenoxy) is 1. The molecule has 4 nitrogen and oxygen atoms in total. The smallest absolute Gasteiger partial charge is 0.215 e. The van der Waals surface area contributed by atoms with Gasteiger partial charge in [0.2, 0.25) is 5.88 Å². The van der Waals surface area contributed by atoms with Crippen molar-refractivity contribution in [2.24, 2.45) is 0 Å². The Balaban J connectivity index is 2.27. The van der Waals surface area contributed by atoms with Crippen molar-refractivity contribution in [2.45, 2.75) is 20.3 Å². The molecule has 0 spiro atoms. The maximum atomic E-state index is 5.32. The molecule has 0 fully saturated rings. The van der Waals surface area contributed by atoms with Crippen LogP contribution in [0.2, 0.25) is 0 Å². The van der Waals surface area contributed by atoms with Gasteiger partial charge in [-0.3, -0.25) is 0 Å². The van der Waals surface area contributed by atoms with Crippen LogP contribution in [0.3, 0.4) is 0 Å². The summed E-state index contributed by atoms with van der Waals surface area (Å²) in [4.78, 5) is 4.32. The molecule has 1 rings (SSSR count). The number of aromatic nitrogens is 1. The lowest BCUT2D eigenvalue weighted by Crippen LogP contribution is -2.23. The Labute approximate surface area is 97.4 Å². The summed E-state index contributed by atoms with van der Waals surface area (Å²) in [6, 6.07) is 5.76. The van der Waals surface area contributed by atoms with Crippen molar-refractivity contribution in [3.8, 4) is 5.88 Å². The zero-order chi connectivity index (χ0) is 11.6. The lowest BCUT2D eigenvalue weighted by Gasteiger charge is -2.08. The van der Waals surface area contributed by atoms with Crippen LogP contribution in [0.15, 0.2) is 18.2 Å². The number of nitrogens with zero attached hydrogens (tertiary/aromatic N) is 1. The van der Waals surface area contributed by atoms with Crippen LogP contribution in [0.5, 0.6) is 5.88 Å². The highest BCUT2D eigenvalue weighted by Crippen LogP contribution is 2.10. The third kappa shape index (κ3) is 4.98. The molecule has 0 atom stereocenters. The zero-order valence-electron chi connectivity index (χ0n) is 10.1. The summed E-state index contributed by atoms with van der Waals surface area (Å²) in [6.07, 6.45) is 1.16. The lowest BCUT2D eigenvalue weighted by atomic mass is 10.4. The van der Waals surface area contributed by atoms with Gasteiger partial charge in [0.25, 0.3) is 0 Å². The Bertz CT molecular complexity index is 291. The van der Waals surface area contributed by atoms with E-state index in [1.54, 1.807) is 0 Å². The van der Waals surface area contributed by atoms with E-state index in [2.05, 4.69) is 22.5 Å². The van der Waals surface area contributed by atoms with Gasteiger partial charge >= 0.3 is 0 Å². The van der Waals surface area contributed by atoms with Crippen LogP contribution in [0.25, 0.3) is 0 Å². The van der Waals surface area contributed by atoms with Gasteiger partial charge in [-0.05, 0) is 26.0 Å². The van der Waals surface area contributed by atoms with Crippen LogP contribution in [0.4, 0.5) is 5.82 Å². The summed E-state index contributed by atoms with van der Waals surface area (Å²) in [5.41, 5.74) is 0. The van der Waals surface area contributed by atoms with Gasteiger partial charge in [-0.2, -0.15) is 4.98 Å². The minimum Gasteiger partial charge on any atom is -0.478 e. The highest BCUT2D eigenvalue weighted by molar-refractivity contribution is 5.36. The van der Waals surface area contributed by atoms with E-state index in [1.165, 1.54) is 0 Å². The van der Waals surface area contributed by atoms with Gasteiger partial charge in [0.05, 0.1) is 6.61 Å². The highest BCUT2D eigenvalue weighted by Gasteiger charge is 1.96. The molecule has 2 N–H and O–H groups in total. The number of anilines is 1. The molecular weight excluding hydrogens is 202 g/mol. The standard InChI is InChI=1S/C12H21N3O/c1-3-8-13-9-10-14-11-6-5-7-12(15-11)16-4-2/h5-7,13H,3-4,8-10H2,1-2H3,(H,14,15). The maximum absolute atomic E-state index is 5.32. The Hall–Kier alpha value is -1.29. The van der Waals surface area contributed by atoms with Crippen molar-refractivity contribution in [3.05, 3.63) is 18.2 Å². The summed E-state index contributed by atoms with van der Waals surface area (Å²) in [5.74, 6) is 1.54. The molecule has 0 saturated heterocycles. The summed E-state index contributed by atoms with van der Waals surface area (Å²) in [6.45, 7) is 7.66. The van der Waals surface area contributed by atoms with Crippen LogP contribution in [-0.2, 0) is 0 Å². The molecular formula is C12H21N3O. The predicted molar refractivity (Wildman–Crippen MR) is 67.1 cm³/mol. The van der Waals surface area contributed by atoms with Gasteiger partial charge < -0.3 is 15.4 Å². The van der Waals surface area contributed by atoms with Crippen LogP contribution in [0, 0.1) is 0 Å². The quantitative estimate of drug-likeness (QED) is 0.661. The third-order valence-electron chi connectivity index (χ3n) is 2.05. The first-order valence-corrected chi connectivity index (χ1v) is 5.91. The van der Waals surface area contributed by atoms with Crippen molar-refractivity contribution < 1.29 is 4.74 Å². The van der Waals surface area contributed by atoms with E-state index in [0.717, 1.165) is 31.9 Å². The fraction of sp³-hybridized carbons (Fsp3) is 0.583. The van der Waals surface area contributed by atoms with Crippen molar-refractivity contribution in [1.82, 2.24) is 10.3 Å². The Morgan fingerprint density at radius 1 is 1.19 bits per heavy atom. The fourth-order valence-electron chi connectivity index (χ4n) is 1.32. The largest absolute Gasteiger partial charge is 0.478 e. The zero-order valence-corrected chi connectivity index (χ0v) is 10.1. The average molecular weight is 223 g/mol. The second-order valence-corrected chi connectivity index (χ2v) is 3.47. The van der Waals surface area contributed by atoms with Crippen LogP contribution >= 0.6 is 0 Å². The molecule has 1 aromatic rings. The normalized spacial score (nSPS) is 10.1. The van der Waals surface area contributed by atoms with E-state index in [1.807, 2.05) is 25.1 Å². The van der Waals surface area contributed by atoms with E-state index in [4.69, 9.17) is 4.74 Å². The van der Waals surface area contributed by atoms with Gasteiger partial charge in [0, 0.05) is 19.2 Å². The molecule has 16 heavy (non-hydrogen) atoms. The molecule has 0 aliphatic heterocycles. The maximum Gasteiger partial charge on any atom is 0.215 e. The number of rotatable bonds is 8. The highest BCUT2D eigenvalue weighted by atomic mass is 16.5. The molecule has 0 amide bonds. The monoisotopic (exact) mass is 223 g/mol. The molecule has 1 heterocycles. The van der Waals surface area contributed by atoms with Gasteiger partial charge in [0.15, 0.2) is 0 Å². The number of pyridine rings is 1. The van der Waals surface area contributed by atoms with Crippen molar-refractivity contribution >= 4 is 5.82 Å². The molecule has 0 aliphatic carbocycles. The van der Waals surface area contributed by atoms with Gasteiger partial charge in [-0.1, -0.05) is 13.0 Å². The van der Waals surface area contributed by atoms with Crippen LogP contribution in [0.1, 0.15) is 20.3 Å². The van der Waals surface area contributed by atoms with Gasteiger partial charge in [0.1, 0.15) is 5.82 Å². The minimum absolute atomic E-state index is 0.647. The predicted octanol–water partition coefficient (Wildman–Crippen LogP) is 1.89. The van der Waals surface area contributed by atoms with Crippen molar-refractivity contribution in [2.75, 3.05) is 31.6 Å². The average Bonchev–Trinajstić information content (AvgIpc) is 2.30. The Morgan fingerprint density at radius 3 is 2.81 bits per heavy atom. The number of hydrogen-bond donors (Lipinski definition) is 2. The minimum atomic E-state index is 0.647. The molecule has 0 aliphatic rings. The van der Waals surface area contributed by atoms with Gasteiger partial charge in [-0.15, -0.1) is 0 Å². The molecule has 0 aromatic carbocycles. The van der Waals surface area contributed by atoms with E-state index < -0.39 is 0 Å². The molecule has 90 valence electrons. The van der Waals surface area contributed by atoms with E-state index >= 15 is 0 Å². The first-order chi connectivity index (χ1) is 7.86. The van der Waals surface area contributed by atoms with E-state index in [-0.39, 0.29) is 0 Å². The number of nitrogens with one attached hydrogen (secondary N) is 2. The SMILES string of the molecule is CCCNCCNc1cccc(OCC)n1. The van der Waals surface area contributed by atoms with Gasteiger partial charge in [-0.25, -0.2) is 0 Å². The van der Waals surface area contributed by atoms with E-state index in [0.29, 0.717) is 12.5 Å². The molecule has 4 heteroatoms. The van der Waals surface area contributed by atoms with E-state index in [9.17, 15) is 0 Å². The molecule has 0 unspecified atom stereocenters. The second-order valence-electron chi connectivity index (χ2n) is 3.47. The Morgan fingerprint density at radius 2 is 2.06 bits per heavy atom. The van der Waals surface area contributed by atoms with Crippen molar-refractivity contribution in [1.29, 1.82) is 0 Å². The molecule has 0 radical (unpaired) electrons. The molecule has 0 saturated carbocycles. The summed E-state index contributed by atoms with van der Waals surface area (Å²) in [5, 5.41) is 6.57. The Kier molecular flexibility index (Phi) is 6.33. The summed E-state index contributed by atoms with van der Waals surface area (Å²) < 4.78 is 5.32. The number of hydrogen-bond acceptors (Lipinski definition) is 4. The topological polar surface area (TPSA) is 46.2 Å². The first kappa shape index (κ1) is 12.8. The molecule has 0 bridgehead atoms. The third-order valence-corrected chi connectivity index (χ3v) is 2.05. The summed E-state index contributed by atoms with van der Waals surface area (Å²) in [7, 11) is 0.